The summed E-state index contributed by atoms with van der Waals surface area (Å²) in [6.07, 6.45) is 0. The summed E-state index contributed by atoms with van der Waals surface area (Å²) in [6.45, 7) is 10.0. The zero-order valence-electron chi connectivity index (χ0n) is 12.2. The van der Waals surface area contributed by atoms with Gasteiger partial charge in [0.15, 0.2) is 11.5 Å². The summed E-state index contributed by atoms with van der Waals surface area (Å²) in [6, 6.07) is 6.40. The number of aromatic nitrogens is 1. The lowest BCUT2D eigenvalue weighted by Gasteiger charge is -2.26. The minimum Gasteiger partial charge on any atom is -0.441 e. The van der Waals surface area contributed by atoms with Gasteiger partial charge in [-0.1, -0.05) is 19.9 Å². The van der Waals surface area contributed by atoms with E-state index in [1.165, 1.54) is 5.56 Å². The maximum atomic E-state index is 5.75. The molecule has 0 bridgehead atoms. The Bertz CT molecular complexity index is 558. The molecule has 1 heterocycles. The molecule has 0 aliphatic carbocycles. The fourth-order valence-electron chi connectivity index (χ4n) is 2.18. The number of hydrogen-bond donors (Lipinski definition) is 2. The molecule has 1 unspecified atom stereocenters. The monoisotopic (exact) mass is 261 g/mol. The number of nitrogens with one attached hydrogen (secondary N) is 1. The Morgan fingerprint density at radius 3 is 2.84 bits per heavy atom. The minimum atomic E-state index is 0.0376. The van der Waals surface area contributed by atoms with Crippen molar-refractivity contribution < 1.29 is 4.42 Å². The molecule has 0 aliphatic heterocycles. The topological polar surface area (TPSA) is 64.1 Å². The third-order valence-corrected chi connectivity index (χ3v) is 3.31. The highest BCUT2D eigenvalue weighted by atomic mass is 16.3. The molecule has 104 valence electrons. The van der Waals surface area contributed by atoms with Crippen molar-refractivity contribution in [2.24, 2.45) is 5.73 Å². The number of rotatable bonds is 5. The van der Waals surface area contributed by atoms with Crippen molar-refractivity contribution in [2.45, 2.75) is 39.2 Å². The summed E-state index contributed by atoms with van der Waals surface area (Å²) < 4.78 is 5.50. The van der Waals surface area contributed by atoms with E-state index in [2.05, 4.69) is 36.3 Å². The van der Waals surface area contributed by atoms with Crippen molar-refractivity contribution in [1.29, 1.82) is 0 Å². The van der Waals surface area contributed by atoms with Crippen LogP contribution in [0.3, 0.4) is 0 Å². The number of benzene rings is 1. The van der Waals surface area contributed by atoms with Gasteiger partial charge in [-0.25, -0.2) is 4.98 Å². The first-order chi connectivity index (χ1) is 8.88. The molecule has 3 N–H and O–H groups in total. The second-order valence-corrected chi connectivity index (χ2v) is 5.91. The van der Waals surface area contributed by atoms with Crippen molar-refractivity contribution in [1.82, 2.24) is 10.3 Å². The number of nitrogens with two attached hydrogens (primary N) is 1. The van der Waals surface area contributed by atoms with E-state index in [9.17, 15) is 0 Å². The van der Waals surface area contributed by atoms with Crippen LogP contribution in [0.15, 0.2) is 22.6 Å². The molecule has 2 aromatic rings. The van der Waals surface area contributed by atoms with Gasteiger partial charge in [0.05, 0.1) is 0 Å². The van der Waals surface area contributed by atoms with Crippen LogP contribution in [-0.2, 0) is 5.41 Å². The highest BCUT2D eigenvalue weighted by molar-refractivity contribution is 5.73. The van der Waals surface area contributed by atoms with E-state index in [-0.39, 0.29) is 11.5 Å². The van der Waals surface area contributed by atoms with Crippen LogP contribution in [0.2, 0.25) is 0 Å². The van der Waals surface area contributed by atoms with Crippen LogP contribution >= 0.6 is 0 Å². The summed E-state index contributed by atoms with van der Waals surface area (Å²) in [7, 11) is 0. The van der Waals surface area contributed by atoms with Crippen LogP contribution in [0, 0.1) is 6.92 Å². The molecular formula is C15H23N3O. The Labute approximate surface area is 114 Å². The van der Waals surface area contributed by atoms with Gasteiger partial charge in [-0.2, -0.15) is 0 Å². The van der Waals surface area contributed by atoms with E-state index in [0.717, 1.165) is 24.2 Å². The molecule has 0 saturated carbocycles. The zero-order chi connectivity index (χ0) is 14.0. The van der Waals surface area contributed by atoms with E-state index in [1.54, 1.807) is 0 Å². The van der Waals surface area contributed by atoms with Crippen LogP contribution < -0.4 is 11.1 Å². The average molecular weight is 261 g/mol. The molecule has 0 radical (unpaired) electrons. The van der Waals surface area contributed by atoms with E-state index in [0.29, 0.717) is 5.89 Å². The van der Waals surface area contributed by atoms with Crippen LogP contribution in [0.25, 0.3) is 11.1 Å². The first-order valence-corrected chi connectivity index (χ1v) is 6.72. The molecule has 4 heteroatoms. The Morgan fingerprint density at radius 1 is 1.42 bits per heavy atom. The van der Waals surface area contributed by atoms with Crippen LogP contribution in [0.5, 0.6) is 0 Å². The summed E-state index contributed by atoms with van der Waals surface area (Å²) in [5, 5.41) is 3.41. The third kappa shape index (κ3) is 3.33. The van der Waals surface area contributed by atoms with Gasteiger partial charge in [-0.05, 0) is 24.6 Å². The Kier molecular flexibility index (Phi) is 3.92. The number of aryl methyl sites for hydroxylation is 1. The van der Waals surface area contributed by atoms with E-state index >= 15 is 0 Å². The second kappa shape index (κ2) is 5.31. The SMILES string of the molecule is Cc1nc2cc(C(C)(C)CNCC(C)N)ccc2o1. The molecular weight excluding hydrogens is 238 g/mol. The minimum absolute atomic E-state index is 0.0376. The first kappa shape index (κ1) is 14.0. The molecule has 2 rings (SSSR count). The second-order valence-electron chi connectivity index (χ2n) is 5.91. The maximum Gasteiger partial charge on any atom is 0.192 e. The highest BCUT2D eigenvalue weighted by Gasteiger charge is 2.21. The van der Waals surface area contributed by atoms with Gasteiger partial charge in [-0.15, -0.1) is 0 Å². The van der Waals surface area contributed by atoms with Crippen molar-refractivity contribution in [3.8, 4) is 0 Å². The molecule has 0 spiro atoms. The lowest BCUT2D eigenvalue weighted by Crippen LogP contribution is -2.38. The fourth-order valence-corrected chi connectivity index (χ4v) is 2.18. The Hall–Kier alpha value is -1.39. The smallest absolute Gasteiger partial charge is 0.192 e. The molecule has 1 aromatic carbocycles. The average Bonchev–Trinajstić information content (AvgIpc) is 2.67. The summed E-state index contributed by atoms with van der Waals surface area (Å²) in [5.41, 5.74) is 8.82. The number of hydrogen-bond acceptors (Lipinski definition) is 4. The number of oxazole rings is 1. The van der Waals surface area contributed by atoms with Crippen molar-refractivity contribution in [2.75, 3.05) is 13.1 Å². The molecule has 0 saturated heterocycles. The normalized spacial score (nSPS) is 13.9. The quantitative estimate of drug-likeness (QED) is 0.867. The fraction of sp³-hybridized carbons (Fsp3) is 0.533. The molecule has 4 nitrogen and oxygen atoms in total. The molecule has 0 amide bonds. The number of nitrogens with zero attached hydrogens (tertiary/aromatic N) is 1. The van der Waals surface area contributed by atoms with Gasteiger partial charge in [0.25, 0.3) is 0 Å². The van der Waals surface area contributed by atoms with Crippen molar-refractivity contribution >= 4 is 11.1 Å². The lowest BCUT2D eigenvalue weighted by molar-refractivity contribution is 0.458. The van der Waals surface area contributed by atoms with Crippen LogP contribution in [0.1, 0.15) is 32.2 Å². The summed E-state index contributed by atoms with van der Waals surface area (Å²) in [4.78, 5) is 4.39. The predicted molar refractivity (Wildman–Crippen MR) is 78.3 cm³/mol. The highest BCUT2D eigenvalue weighted by Crippen LogP contribution is 2.26. The maximum absolute atomic E-state index is 5.75. The van der Waals surface area contributed by atoms with E-state index in [4.69, 9.17) is 10.2 Å². The molecule has 0 fully saturated rings. The number of fused-ring (bicyclic) bond motifs is 1. The predicted octanol–water partition coefficient (Wildman–Crippen LogP) is 2.35. The van der Waals surface area contributed by atoms with Gasteiger partial charge in [0.1, 0.15) is 5.52 Å². The molecule has 0 aliphatic rings. The van der Waals surface area contributed by atoms with E-state index in [1.807, 2.05) is 19.9 Å². The van der Waals surface area contributed by atoms with Gasteiger partial charge in [-0.3, -0.25) is 0 Å². The molecule has 1 atom stereocenters. The van der Waals surface area contributed by atoms with Gasteiger partial charge < -0.3 is 15.5 Å². The zero-order valence-corrected chi connectivity index (χ0v) is 12.2. The third-order valence-electron chi connectivity index (χ3n) is 3.31. The van der Waals surface area contributed by atoms with Crippen molar-refractivity contribution in [3.05, 3.63) is 29.7 Å². The largest absolute Gasteiger partial charge is 0.441 e. The van der Waals surface area contributed by atoms with Gasteiger partial charge in [0, 0.05) is 31.5 Å². The first-order valence-electron chi connectivity index (χ1n) is 6.72. The standard InChI is InChI=1S/C15H23N3O/c1-10(16)8-17-9-15(3,4)12-5-6-14-13(7-12)18-11(2)19-14/h5-7,10,17H,8-9,16H2,1-4H3. The van der Waals surface area contributed by atoms with Crippen LogP contribution in [0.4, 0.5) is 0 Å². The van der Waals surface area contributed by atoms with Gasteiger partial charge >= 0.3 is 0 Å². The Morgan fingerprint density at radius 2 is 2.16 bits per heavy atom. The Balaban J connectivity index is 2.16. The molecule has 1 aromatic heterocycles. The summed E-state index contributed by atoms with van der Waals surface area (Å²) in [5.74, 6) is 0.708. The lowest BCUT2D eigenvalue weighted by atomic mass is 9.84. The van der Waals surface area contributed by atoms with Gasteiger partial charge in [0.2, 0.25) is 0 Å². The van der Waals surface area contributed by atoms with Crippen LogP contribution in [-0.4, -0.2) is 24.1 Å². The molecule has 19 heavy (non-hydrogen) atoms. The van der Waals surface area contributed by atoms with Crippen molar-refractivity contribution in [3.63, 3.8) is 0 Å². The summed E-state index contributed by atoms with van der Waals surface area (Å²) >= 11 is 0. The van der Waals surface area contributed by atoms with E-state index < -0.39 is 0 Å².